The first-order valence-electron chi connectivity index (χ1n) is 7.25. The zero-order valence-corrected chi connectivity index (χ0v) is 15.4. The molecule has 2 heterocycles. The van der Waals surface area contributed by atoms with E-state index in [9.17, 15) is 0 Å². The van der Waals surface area contributed by atoms with Gasteiger partial charge in [0.05, 0.1) is 0 Å². The quantitative estimate of drug-likeness (QED) is 0.748. The molecule has 2 aliphatic rings. The molecular formula is C16H12Cl2N4S2. The van der Waals surface area contributed by atoms with Gasteiger partial charge in [-0.1, -0.05) is 47.5 Å². The van der Waals surface area contributed by atoms with E-state index in [2.05, 4.69) is 10.6 Å². The highest BCUT2D eigenvalue weighted by Crippen LogP contribution is 2.37. The molecule has 0 aliphatic carbocycles. The molecule has 2 aliphatic heterocycles. The second-order valence-electron chi connectivity index (χ2n) is 5.50. The van der Waals surface area contributed by atoms with Crippen LogP contribution in [0.5, 0.6) is 0 Å². The summed E-state index contributed by atoms with van der Waals surface area (Å²) in [7, 11) is 0. The van der Waals surface area contributed by atoms with E-state index in [1.54, 1.807) is 0 Å². The van der Waals surface area contributed by atoms with Crippen molar-refractivity contribution in [2.45, 2.75) is 12.3 Å². The topological polar surface area (TPSA) is 30.5 Å². The predicted molar refractivity (Wildman–Crippen MR) is 104 cm³/mol. The van der Waals surface area contributed by atoms with Gasteiger partial charge < -0.3 is 10.6 Å². The van der Waals surface area contributed by atoms with Crippen molar-refractivity contribution in [2.75, 3.05) is 0 Å². The summed E-state index contributed by atoms with van der Waals surface area (Å²) in [4.78, 5) is 0. The number of hydrazine groups is 1. The van der Waals surface area contributed by atoms with Crippen molar-refractivity contribution in [2.24, 2.45) is 0 Å². The molecule has 4 nitrogen and oxygen atoms in total. The smallest absolute Gasteiger partial charge is 0.192 e. The van der Waals surface area contributed by atoms with Crippen LogP contribution < -0.4 is 10.6 Å². The van der Waals surface area contributed by atoms with Gasteiger partial charge in [0.25, 0.3) is 0 Å². The summed E-state index contributed by atoms with van der Waals surface area (Å²) in [6, 6.07) is 15.3. The van der Waals surface area contributed by atoms with Gasteiger partial charge in [0, 0.05) is 10.0 Å². The SMILES string of the molecule is S=C1NC(c2ccc(Cl)cc2)N2C(=S)NC(c3ccc(Cl)cc3)N12. The van der Waals surface area contributed by atoms with Crippen LogP contribution in [0.15, 0.2) is 48.5 Å². The van der Waals surface area contributed by atoms with Crippen LogP contribution in [0.4, 0.5) is 0 Å². The second-order valence-corrected chi connectivity index (χ2v) is 7.14. The molecule has 0 bridgehead atoms. The number of benzene rings is 2. The van der Waals surface area contributed by atoms with Crippen molar-refractivity contribution < 1.29 is 0 Å². The summed E-state index contributed by atoms with van der Waals surface area (Å²) in [5.41, 5.74) is 2.07. The van der Waals surface area contributed by atoms with Crippen molar-refractivity contribution in [1.29, 1.82) is 0 Å². The first-order chi connectivity index (χ1) is 11.5. The zero-order valence-electron chi connectivity index (χ0n) is 12.2. The summed E-state index contributed by atoms with van der Waals surface area (Å²) in [5.74, 6) is 0. The predicted octanol–water partition coefficient (Wildman–Crippen LogP) is 3.99. The van der Waals surface area contributed by atoms with E-state index >= 15 is 0 Å². The third kappa shape index (κ3) is 2.59. The van der Waals surface area contributed by atoms with Gasteiger partial charge in [-0.05, 0) is 59.8 Å². The lowest BCUT2D eigenvalue weighted by molar-refractivity contribution is 0.114. The highest BCUT2D eigenvalue weighted by atomic mass is 35.5. The summed E-state index contributed by atoms with van der Waals surface area (Å²) in [6.45, 7) is 0. The maximum atomic E-state index is 5.98. The summed E-state index contributed by atoms with van der Waals surface area (Å²) in [6.07, 6.45) is -0.320. The summed E-state index contributed by atoms with van der Waals surface area (Å²) < 4.78 is 0. The average molecular weight is 395 g/mol. The third-order valence-corrected chi connectivity index (χ3v) is 5.14. The molecule has 122 valence electrons. The monoisotopic (exact) mass is 394 g/mol. The van der Waals surface area contributed by atoms with Crippen molar-refractivity contribution in [1.82, 2.24) is 20.7 Å². The fraction of sp³-hybridized carbons (Fsp3) is 0.125. The lowest BCUT2D eigenvalue weighted by atomic mass is 10.2. The van der Waals surface area contributed by atoms with Gasteiger partial charge >= 0.3 is 0 Å². The normalized spacial score (nSPS) is 22.4. The largest absolute Gasteiger partial charge is 0.336 e. The van der Waals surface area contributed by atoms with E-state index in [0.29, 0.717) is 20.3 Å². The molecule has 2 saturated heterocycles. The second kappa shape index (κ2) is 6.04. The fourth-order valence-corrected chi connectivity index (χ4v) is 3.77. The van der Waals surface area contributed by atoms with Crippen LogP contribution in [0.2, 0.25) is 10.0 Å². The molecule has 2 aromatic rings. The van der Waals surface area contributed by atoms with Crippen molar-refractivity contribution in [3.8, 4) is 0 Å². The Morgan fingerprint density at radius 1 is 0.667 bits per heavy atom. The van der Waals surface area contributed by atoms with Crippen LogP contribution in [-0.4, -0.2) is 20.2 Å². The molecule has 8 heteroatoms. The minimum Gasteiger partial charge on any atom is -0.336 e. The Morgan fingerprint density at radius 2 is 1.00 bits per heavy atom. The van der Waals surface area contributed by atoms with E-state index in [1.807, 2.05) is 58.5 Å². The Labute approximate surface area is 160 Å². The Kier molecular flexibility index (Phi) is 4.00. The van der Waals surface area contributed by atoms with Crippen LogP contribution in [0.1, 0.15) is 23.5 Å². The van der Waals surface area contributed by atoms with Gasteiger partial charge in [-0.3, -0.25) is 0 Å². The van der Waals surface area contributed by atoms with Crippen LogP contribution in [0.25, 0.3) is 0 Å². The first-order valence-corrected chi connectivity index (χ1v) is 8.82. The molecule has 2 fully saturated rings. The molecular weight excluding hydrogens is 383 g/mol. The minimum atomic E-state index is -0.160. The van der Waals surface area contributed by atoms with Crippen LogP contribution in [-0.2, 0) is 0 Å². The maximum absolute atomic E-state index is 5.98. The number of hydrogen-bond donors (Lipinski definition) is 2. The fourth-order valence-electron chi connectivity index (χ4n) is 2.91. The van der Waals surface area contributed by atoms with Crippen molar-refractivity contribution in [3.63, 3.8) is 0 Å². The third-order valence-electron chi connectivity index (χ3n) is 4.03. The number of thiocarbonyl (C=S) groups is 2. The number of nitrogens with one attached hydrogen (secondary N) is 2. The highest BCUT2D eigenvalue weighted by Gasteiger charge is 2.47. The Hall–Kier alpha value is -1.60. The van der Waals surface area contributed by atoms with E-state index in [-0.39, 0.29) is 12.3 Å². The molecule has 0 aromatic heterocycles. The van der Waals surface area contributed by atoms with Gasteiger partial charge in [-0.25, -0.2) is 10.0 Å². The number of rotatable bonds is 2. The lowest BCUT2D eigenvalue weighted by Crippen LogP contribution is -2.36. The van der Waals surface area contributed by atoms with E-state index in [1.165, 1.54) is 0 Å². The van der Waals surface area contributed by atoms with Gasteiger partial charge in [0.15, 0.2) is 10.2 Å². The minimum absolute atomic E-state index is 0.160. The average Bonchev–Trinajstić information content (AvgIpc) is 3.08. The molecule has 0 radical (unpaired) electrons. The summed E-state index contributed by atoms with van der Waals surface area (Å²) in [5, 5.41) is 13.2. The Bertz CT molecular complexity index is 740. The molecule has 0 amide bonds. The van der Waals surface area contributed by atoms with Crippen LogP contribution >= 0.6 is 47.6 Å². The van der Waals surface area contributed by atoms with Crippen LogP contribution in [0, 0.1) is 0 Å². The Balaban J connectivity index is 1.68. The number of nitrogens with zero attached hydrogens (tertiary/aromatic N) is 2. The first kappa shape index (κ1) is 15.9. The number of fused-ring (bicyclic) bond motifs is 1. The van der Waals surface area contributed by atoms with Gasteiger partial charge in [-0.15, -0.1) is 0 Å². The molecule has 2 unspecified atom stereocenters. The molecule has 2 N–H and O–H groups in total. The summed E-state index contributed by atoms with van der Waals surface area (Å²) >= 11 is 23.0. The van der Waals surface area contributed by atoms with Gasteiger partial charge in [0.1, 0.15) is 12.3 Å². The molecule has 0 saturated carbocycles. The van der Waals surface area contributed by atoms with Gasteiger partial charge in [0.2, 0.25) is 0 Å². The highest BCUT2D eigenvalue weighted by molar-refractivity contribution is 7.80. The Morgan fingerprint density at radius 3 is 1.33 bits per heavy atom. The standard InChI is InChI=1S/C16H12Cl2N4S2/c17-11-5-1-9(2-6-11)13-19-15(23)22-14(20-16(24)21(13)22)10-3-7-12(18)8-4-10/h1-8,13-14H,(H,19,23)(H,20,24). The molecule has 24 heavy (non-hydrogen) atoms. The van der Waals surface area contributed by atoms with Gasteiger partial charge in [-0.2, -0.15) is 0 Å². The van der Waals surface area contributed by atoms with Crippen molar-refractivity contribution >= 4 is 57.9 Å². The molecule has 2 aromatic carbocycles. The lowest BCUT2D eigenvalue weighted by Gasteiger charge is -2.26. The van der Waals surface area contributed by atoms with E-state index < -0.39 is 0 Å². The molecule has 0 spiro atoms. The van der Waals surface area contributed by atoms with E-state index in [4.69, 9.17) is 47.6 Å². The molecule has 4 rings (SSSR count). The molecule has 2 atom stereocenters. The van der Waals surface area contributed by atoms with E-state index in [0.717, 1.165) is 11.1 Å². The van der Waals surface area contributed by atoms with Crippen molar-refractivity contribution in [3.05, 3.63) is 69.7 Å². The number of halogens is 2. The maximum Gasteiger partial charge on any atom is 0.192 e. The number of hydrogen-bond acceptors (Lipinski definition) is 2. The zero-order chi connectivity index (χ0) is 16.8. The van der Waals surface area contributed by atoms with Crippen LogP contribution in [0.3, 0.4) is 0 Å².